The molecule has 1 heterocycles. The van der Waals surface area contributed by atoms with E-state index in [0.29, 0.717) is 22.6 Å². The van der Waals surface area contributed by atoms with Gasteiger partial charge in [-0.3, -0.25) is 19.5 Å². The van der Waals surface area contributed by atoms with Crippen molar-refractivity contribution in [3.63, 3.8) is 0 Å². The van der Waals surface area contributed by atoms with E-state index in [0.717, 1.165) is 17.3 Å². The lowest BCUT2D eigenvalue weighted by molar-refractivity contribution is -0.117. The number of amides is 3. The molecule has 0 aliphatic rings. The SMILES string of the molecule is CCNC(=O)NC(=O)CSc1nc2ccccc2c(=O)n1[C@H](C)c1ccccc1. The molecule has 3 amide bonds. The Hall–Kier alpha value is -3.13. The summed E-state index contributed by atoms with van der Waals surface area (Å²) < 4.78 is 1.60. The number of urea groups is 1. The molecule has 3 aromatic rings. The molecule has 0 bridgehead atoms. The third-order valence-corrected chi connectivity index (χ3v) is 5.32. The largest absolute Gasteiger partial charge is 0.338 e. The van der Waals surface area contributed by atoms with E-state index < -0.39 is 11.9 Å². The van der Waals surface area contributed by atoms with Crippen molar-refractivity contribution >= 4 is 34.6 Å². The highest BCUT2D eigenvalue weighted by Crippen LogP contribution is 2.24. The number of fused-ring (bicyclic) bond motifs is 1. The number of para-hydroxylation sites is 1. The van der Waals surface area contributed by atoms with Crippen LogP contribution in [-0.4, -0.2) is 33.8 Å². The fraction of sp³-hybridized carbons (Fsp3) is 0.238. The number of nitrogens with zero attached hydrogens (tertiary/aromatic N) is 2. The third kappa shape index (κ3) is 4.83. The Balaban J connectivity index is 1.95. The van der Waals surface area contributed by atoms with E-state index in [1.54, 1.807) is 29.7 Å². The summed E-state index contributed by atoms with van der Waals surface area (Å²) in [4.78, 5) is 41.5. The summed E-state index contributed by atoms with van der Waals surface area (Å²) in [6, 6.07) is 16.0. The molecule has 0 saturated heterocycles. The number of hydrogen-bond donors (Lipinski definition) is 2. The van der Waals surface area contributed by atoms with Crippen molar-refractivity contribution in [1.82, 2.24) is 20.2 Å². The number of carbonyl (C=O) groups excluding carboxylic acids is 2. The third-order valence-electron chi connectivity index (χ3n) is 4.37. The molecule has 0 unspecified atom stereocenters. The summed E-state index contributed by atoms with van der Waals surface area (Å²) in [5, 5.41) is 5.71. The molecule has 2 aromatic carbocycles. The Kier molecular flexibility index (Phi) is 6.66. The molecule has 0 aliphatic carbocycles. The van der Waals surface area contributed by atoms with Crippen molar-refractivity contribution < 1.29 is 9.59 Å². The van der Waals surface area contributed by atoms with Crippen LogP contribution in [0.25, 0.3) is 10.9 Å². The van der Waals surface area contributed by atoms with Gasteiger partial charge in [0.1, 0.15) is 0 Å². The van der Waals surface area contributed by atoms with Crippen molar-refractivity contribution in [2.24, 2.45) is 0 Å². The first-order chi connectivity index (χ1) is 14.0. The molecule has 0 aliphatic heterocycles. The summed E-state index contributed by atoms with van der Waals surface area (Å²) >= 11 is 1.13. The van der Waals surface area contributed by atoms with Crippen molar-refractivity contribution in [1.29, 1.82) is 0 Å². The molecule has 3 rings (SSSR count). The highest BCUT2D eigenvalue weighted by atomic mass is 32.2. The van der Waals surface area contributed by atoms with Crippen LogP contribution in [0.4, 0.5) is 4.79 Å². The number of hydrogen-bond acceptors (Lipinski definition) is 5. The second kappa shape index (κ2) is 9.38. The minimum absolute atomic E-state index is 0.0383. The van der Waals surface area contributed by atoms with Gasteiger partial charge in [-0.15, -0.1) is 0 Å². The van der Waals surface area contributed by atoms with Crippen LogP contribution in [-0.2, 0) is 4.79 Å². The molecular weight excluding hydrogens is 388 g/mol. The lowest BCUT2D eigenvalue weighted by atomic mass is 10.1. The number of rotatable bonds is 6. The van der Waals surface area contributed by atoms with E-state index in [9.17, 15) is 14.4 Å². The van der Waals surface area contributed by atoms with Crippen LogP contribution in [0.5, 0.6) is 0 Å². The van der Waals surface area contributed by atoms with Gasteiger partial charge in [-0.25, -0.2) is 9.78 Å². The Morgan fingerprint density at radius 1 is 1.10 bits per heavy atom. The fourth-order valence-corrected chi connectivity index (χ4v) is 3.82. The van der Waals surface area contributed by atoms with E-state index in [4.69, 9.17) is 0 Å². The Morgan fingerprint density at radius 2 is 1.79 bits per heavy atom. The van der Waals surface area contributed by atoms with Gasteiger partial charge >= 0.3 is 6.03 Å². The van der Waals surface area contributed by atoms with Crippen molar-refractivity contribution in [2.45, 2.75) is 25.0 Å². The summed E-state index contributed by atoms with van der Waals surface area (Å²) in [6.45, 7) is 4.11. The minimum Gasteiger partial charge on any atom is -0.338 e. The molecule has 8 heteroatoms. The number of aromatic nitrogens is 2. The molecule has 1 atom stereocenters. The first-order valence-corrected chi connectivity index (χ1v) is 10.3. The van der Waals surface area contributed by atoms with Crippen LogP contribution in [0.2, 0.25) is 0 Å². The topological polar surface area (TPSA) is 93.1 Å². The van der Waals surface area contributed by atoms with Crippen LogP contribution in [0.15, 0.2) is 64.5 Å². The highest BCUT2D eigenvalue weighted by Gasteiger charge is 2.19. The van der Waals surface area contributed by atoms with Crippen molar-refractivity contribution in [3.05, 3.63) is 70.5 Å². The average molecular weight is 410 g/mol. The minimum atomic E-state index is -0.542. The van der Waals surface area contributed by atoms with Crippen LogP contribution >= 0.6 is 11.8 Å². The molecule has 7 nitrogen and oxygen atoms in total. The number of nitrogens with one attached hydrogen (secondary N) is 2. The maximum absolute atomic E-state index is 13.2. The van der Waals surface area contributed by atoms with Gasteiger partial charge in [0.15, 0.2) is 5.16 Å². The van der Waals surface area contributed by atoms with Gasteiger partial charge in [0.05, 0.1) is 22.7 Å². The van der Waals surface area contributed by atoms with E-state index >= 15 is 0 Å². The van der Waals surface area contributed by atoms with E-state index in [2.05, 4.69) is 15.6 Å². The smallest absolute Gasteiger partial charge is 0.321 e. The monoisotopic (exact) mass is 410 g/mol. The van der Waals surface area contributed by atoms with E-state index in [-0.39, 0.29) is 17.4 Å². The predicted octanol–water partition coefficient (Wildman–Crippen LogP) is 2.94. The molecule has 0 radical (unpaired) electrons. The van der Waals surface area contributed by atoms with Gasteiger partial charge in [0, 0.05) is 6.54 Å². The summed E-state index contributed by atoms with van der Waals surface area (Å²) in [7, 11) is 0. The molecule has 150 valence electrons. The normalized spacial score (nSPS) is 11.8. The molecule has 0 saturated carbocycles. The molecule has 29 heavy (non-hydrogen) atoms. The quantitative estimate of drug-likeness (QED) is 0.481. The molecule has 0 spiro atoms. The van der Waals surface area contributed by atoms with Gasteiger partial charge in [-0.1, -0.05) is 54.2 Å². The first-order valence-electron chi connectivity index (χ1n) is 9.28. The summed E-state index contributed by atoms with van der Waals surface area (Å²) in [6.07, 6.45) is 0. The predicted molar refractivity (Wildman–Crippen MR) is 114 cm³/mol. The van der Waals surface area contributed by atoms with Gasteiger partial charge in [-0.2, -0.15) is 0 Å². The zero-order valence-electron chi connectivity index (χ0n) is 16.2. The standard InChI is InChI=1S/C21H22N4O3S/c1-3-22-20(28)24-18(26)13-29-21-23-17-12-8-7-11-16(17)19(27)25(21)14(2)15-9-5-4-6-10-15/h4-12,14H,3,13H2,1-2H3,(H2,22,24,26,28)/t14-/m1/s1. The Morgan fingerprint density at radius 3 is 2.52 bits per heavy atom. The maximum Gasteiger partial charge on any atom is 0.321 e. The maximum atomic E-state index is 13.2. The van der Waals surface area contributed by atoms with Crippen LogP contribution < -0.4 is 16.2 Å². The lowest BCUT2D eigenvalue weighted by Gasteiger charge is -2.20. The highest BCUT2D eigenvalue weighted by molar-refractivity contribution is 7.99. The molecular formula is C21H22N4O3S. The lowest BCUT2D eigenvalue weighted by Crippen LogP contribution is -2.40. The Bertz CT molecular complexity index is 1080. The van der Waals surface area contributed by atoms with Gasteiger partial charge in [-0.05, 0) is 31.5 Å². The Labute approximate surface area is 172 Å². The number of benzene rings is 2. The van der Waals surface area contributed by atoms with Crippen LogP contribution in [0.3, 0.4) is 0 Å². The second-order valence-electron chi connectivity index (χ2n) is 6.37. The van der Waals surface area contributed by atoms with E-state index in [1.165, 1.54) is 0 Å². The van der Waals surface area contributed by atoms with Gasteiger partial charge in [0.2, 0.25) is 5.91 Å². The fourth-order valence-electron chi connectivity index (χ4n) is 2.95. The van der Waals surface area contributed by atoms with Gasteiger partial charge in [0.25, 0.3) is 5.56 Å². The second-order valence-corrected chi connectivity index (χ2v) is 7.31. The zero-order chi connectivity index (χ0) is 20.8. The molecule has 1 aromatic heterocycles. The number of carbonyl (C=O) groups is 2. The number of thioether (sulfide) groups is 1. The first kappa shape index (κ1) is 20.6. The summed E-state index contributed by atoms with van der Waals surface area (Å²) in [5.41, 5.74) is 1.36. The van der Waals surface area contributed by atoms with Crippen LogP contribution in [0, 0.1) is 0 Å². The summed E-state index contributed by atoms with van der Waals surface area (Å²) in [5.74, 6) is -0.494. The number of imide groups is 1. The molecule has 0 fully saturated rings. The molecule has 2 N–H and O–H groups in total. The zero-order valence-corrected chi connectivity index (χ0v) is 17.0. The van der Waals surface area contributed by atoms with Crippen LogP contribution in [0.1, 0.15) is 25.5 Å². The van der Waals surface area contributed by atoms with Crippen molar-refractivity contribution in [3.8, 4) is 0 Å². The van der Waals surface area contributed by atoms with E-state index in [1.807, 2.05) is 43.3 Å². The average Bonchev–Trinajstić information content (AvgIpc) is 2.73. The van der Waals surface area contributed by atoms with Gasteiger partial charge < -0.3 is 5.32 Å². The van der Waals surface area contributed by atoms with Crippen molar-refractivity contribution in [2.75, 3.05) is 12.3 Å².